The predicted molar refractivity (Wildman–Crippen MR) is 90.0 cm³/mol. The van der Waals surface area contributed by atoms with Gasteiger partial charge in [0.2, 0.25) is 0 Å². The number of non-ortho nitro benzene ring substituents is 1. The van der Waals surface area contributed by atoms with Gasteiger partial charge in [-0.3, -0.25) is 19.7 Å². The van der Waals surface area contributed by atoms with Crippen LogP contribution in [0.1, 0.15) is 23.7 Å². The Morgan fingerprint density at radius 1 is 1.20 bits per heavy atom. The molecule has 0 aliphatic heterocycles. The molecule has 0 saturated carbocycles. The lowest BCUT2D eigenvalue weighted by molar-refractivity contribution is -0.384. The first-order chi connectivity index (χ1) is 11.9. The van der Waals surface area contributed by atoms with E-state index in [0.29, 0.717) is 0 Å². The van der Waals surface area contributed by atoms with E-state index in [1.807, 2.05) is 0 Å². The van der Waals surface area contributed by atoms with Crippen LogP contribution in [0.3, 0.4) is 0 Å². The third-order valence-electron chi connectivity index (χ3n) is 3.26. The van der Waals surface area contributed by atoms with E-state index in [9.17, 15) is 19.7 Å². The van der Waals surface area contributed by atoms with Crippen LogP contribution in [-0.2, 0) is 4.79 Å². The molecule has 0 unspecified atom stereocenters. The fourth-order valence-electron chi connectivity index (χ4n) is 2.01. The molecule has 0 spiro atoms. The second-order valence-corrected chi connectivity index (χ2v) is 4.95. The van der Waals surface area contributed by atoms with Gasteiger partial charge in [0.15, 0.2) is 0 Å². The number of esters is 1. The molecular weight excluding hydrogens is 328 g/mol. The average molecular weight is 344 g/mol. The molecule has 0 radical (unpaired) electrons. The second-order valence-electron chi connectivity index (χ2n) is 4.95. The van der Waals surface area contributed by atoms with Crippen molar-refractivity contribution in [2.45, 2.75) is 13.3 Å². The van der Waals surface area contributed by atoms with Gasteiger partial charge in [0.25, 0.3) is 11.6 Å². The third-order valence-corrected chi connectivity index (χ3v) is 3.26. The summed E-state index contributed by atoms with van der Waals surface area (Å²) in [5.41, 5.74) is 0.217. The number of nitro benzene ring substituents is 1. The molecule has 0 heterocycles. The van der Waals surface area contributed by atoms with Crippen molar-refractivity contribution in [3.63, 3.8) is 0 Å². The molecule has 0 fully saturated rings. The van der Waals surface area contributed by atoms with Gasteiger partial charge in [0.05, 0.1) is 17.7 Å². The first kappa shape index (κ1) is 17.9. The van der Waals surface area contributed by atoms with Crippen molar-refractivity contribution >= 4 is 23.3 Å². The quantitative estimate of drug-likeness (QED) is 0.373. The van der Waals surface area contributed by atoms with Crippen molar-refractivity contribution in [3.05, 3.63) is 58.1 Å². The van der Waals surface area contributed by atoms with Gasteiger partial charge in [-0.1, -0.05) is 13.0 Å². The van der Waals surface area contributed by atoms with Gasteiger partial charge in [0.1, 0.15) is 11.5 Å². The standard InChI is InChI=1S/C17H16N2O6/c1-3-16(20)25-13-6-4-5-11(9-13)17(21)18-14-10-12(19(22)23)7-8-15(14)24-2/h4-10H,3H2,1-2H3,(H,18,21). The summed E-state index contributed by atoms with van der Waals surface area (Å²) < 4.78 is 10.2. The van der Waals surface area contributed by atoms with Crippen LogP contribution in [0, 0.1) is 10.1 Å². The number of nitrogens with one attached hydrogen (secondary N) is 1. The van der Waals surface area contributed by atoms with Gasteiger partial charge >= 0.3 is 5.97 Å². The lowest BCUT2D eigenvalue weighted by Gasteiger charge is -2.10. The van der Waals surface area contributed by atoms with E-state index < -0.39 is 16.8 Å². The highest BCUT2D eigenvalue weighted by Crippen LogP contribution is 2.29. The molecule has 130 valence electrons. The topological polar surface area (TPSA) is 108 Å². The number of amides is 1. The molecule has 0 aliphatic rings. The van der Waals surface area contributed by atoms with Crippen LogP contribution in [-0.4, -0.2) is 23.9 Å². The van der Waals surface area contributed by atoms with E-state index in [4.69, 9.17) is 9.47 Å². The van der Waals surface area contributed by atoms with E-state index in [1.165, 1.54) is 37.4 Å². The molecule has 1 N–H and O–H groups in total. The molecule has 2 rings (SSSR count). The van der Waals surface area contributed by atoms with Crippen molar-refractivity contribution in [2.24, 2.45) is 0 Å². The molecule has 2 aromatic carbocycles. The largest absolute Gasteiger partial charge is 0.495 e. The van der Waals surface area contributed by atoms with E-state index in [-0.39, 0.29) is 34.9 Å². The maximum Gasteiger partial charge on any atom is 0.310 e. The van der Waals surface area contributed by atoms with Crippen LogP contribution in [0.2, 0.25) is 0 Å². The Morgan fingerprint density at radius 2 is 1.96 bits per heavy atom. The van der Waals surface area contributed by atoms with Crippen LogP contribution in [0.15, 0.2) is 42.5 Å². The van der Waals surface area contributed by atoms with Crippen molar-refractivity contribution in [2.75, 3.05) is 12.4 Å². The molecule has 1 amide bonds. The predicted octanol–water partition coefficient (Wildman–Crippen LogP) is 3.17. The molecule has 0 aromatic heterocycles. The third kappa shape index (κ3) is 4.54. The Labute approximate surface area is 143 Å². The number of anilines is 1. The molecular formula is C17H16N2O6. The first-order valence-corrected chi connectivity index (χ1v) is 7.39. The summed E-state index contributed by atoms with van der Waals surface area (Å²) in [6, 6.07) is 9.94. The Balaban J connectivity index is 2.25. The number of carbonyl (C=O) groups excluding carboxylic acids is 2. The number of nitro groups is 1. The number of nitrogens with zero attached hydrogens (tertiary/aromatic N) is 1. The van der Waals surface area contributed by atoms with Crippen LogP contribution < -0.4 is 14.8 Å². The number of methoxy groups -OCH3 is 1. The van der Waals surface area contributed by atoms with E-state index in [0.717, 1.165) is 0 Å². The van der Waals surface area contributed by atoms with E-state index in [2.05, 4.69) is 5.32 Å². The molecule has 0 saturated heterocycles. The molecule has 25 heavy (non-hydrogen) atoms. The van der Waals surface area contributed by atoms with Gasteiger partial charge in [-0.25, -0.2) is 0 Å². The smallest absolute Gasteiger partial charge is 0.310 e. The lowest BCUT2D eigenvalue weighted by Crippen LogP contribution is -2.13. The summed E-state index contributed by atoms with van der Waals surface area (Å²) in [6.07, 6.45) is 0.210. The first-order valence-electron chi connectivity index (χ1n) is 7.39. The summed E-state index contributed by atoms with van der Waals surface area (Å²) in [4.78, 5) is 34.0. The van der Waals surface area contributed by atoms with Gasteiger partial charge in [0, 0.05) is 24.1 Å². The number of hydrogen-bond donors (Lipinski definition) is 1. The average Bonchev–Trinajstić information content (AvgIpc) is 2.61. The number of ether oxygens (including phenoxy) is 2. The molecule has 8 heteroatoms. The highest BCUT2D eigenvalue weighted by atomic mass is 16.6. The minimum Gasteiger partial charge on any atom is -0.495 e. The highest BCUT2D eigenvalue weighted by Gasteiger charge is 2.15. The van der Waals surface area contributed by atoms with Gasteiger partial charge in [-0.15, -0.1) is 0 Å². The molecule has 0 aliphatic carbocycles. The minimum atomic E-state index is -0.570. The number of rotatable bonds is 6. The molecule has 0 atom stereocenters. The summed E-state index contributed by atoms with van der Waals surface area (Å²) in [6.45, 7) is 1.66. The zero-order valence-electron chi connectivity index (χ0n) is 13.6. The highest BCUT2D eigenvalue weighted by molar-refractivity contribution is 6.05. The number of carbonyl (C=O) groups is 2. The van der Waals surface area contributed by atoms with Crippen LogP contribution in [0.5, 0.6) is 11.5 Å². The van der Waals surface area contributed by atoms with Gasteiger partial charge in [-0.2, -0.15) is 0 Å². The van der Waals surface area contributed by atoms with Crippen molar-refractivity contribution in [3.8, 4) is 11.5 Å². The van der Waals surface area contributed by atoms with Crippen molar-refractivity contribution < 1.29 is 24.0 Å². The van der Waals surface area contributed by atoms with Gasteiger partial charge < -0.3 is 14.8 Å². The maximum atomic E-state index is 12.4. The van der Waals surface area contributed by atoms with Crippen LogP contribution in [0.4, 0.5) is 11.4 Å². The molecule has 2 aromatic rings. The summed E-state index contributed by atoms with van der Waals surface area (Å²) in [5.74, 6) is -0.413. The number of hydrogen-bond acceptors (Lipinski definition) is 6. The lowest BCUT2D eigenvalue weighted by atomic mass is 10.2. The Morgan fingerprint density at radius 3 is 2.60 bits per heavy atom. The zero-order valence-corrected chi connectivity index (χ0v) is 13.6. The minimum absolute atomic E-state index is 0.164. The summed E-state index contributed by atoms with van der Waals surface area (Å²) >= 11 is 0. The Hall–Kier alpha value is -3.42. The van der Waals surface area contributed by atoms with Crippen LogP contribution >= 0.6 is 0 Å². The normalized spacial score (nSPS) is 10.0. The van der Waals surface area contributed by atoms with Gasteiger partial charge in [-0.05, 0) is 24.3 Å². The maximum absolute atomic E-state index is 12.4. The van der Waals surface area contributed by atoms with Crippen LogP contribution in [0.25, 0.3) is 0 Å². The molecule has 0 bridgehead atoms. The zero-order chi connectivity index (χ0) is 18.4. The van der Waals surface area contributed by atoms with Crippen molar-refractivity contribution in [1.82, 2.24) is 0 Å². The monoisotopic (exact) mass is 344 g/mol. The van der Waals surface area contributed by atoms with E-state index >= 15 is 0 Å². The Bertz CT molecular complexity index is 819. The molecule has 8 nitrogen and oxygen atoms in total. The fourth-order valence-corrected chi connectivity index (χ4v) is 2.01. The summed E-state index contributed by atoms with van der Waals surface area (Å²) in [7, 11) is 1.39. The van der Waals surface area contributed by atoms with E-state index in [1.54, 1.807) is 19.1 Å². The summed E-state index contributed by atoms with van der Waals surface area (Å²) in [5, 5.41) is 13.4. The second kappa shape index (κ2) is 7.91. The number of benzene rings is 2. The SMILES string of the molecule is CCC(=O)Oc1cccc(C(=O)Nc2cc([N+](=O)[O-])ccc2OC)c1. The fraction of sp³-hybridized carbons (Fsp3) is 0.176. The van der Waals surface area contributed by atoms with Crippen molar-refractivity contribution in [1.29, 1.82) is 0 Å². The Kier molecular flexibility index (Phi) is 5.67.